The second-order valence-corrected chi connectivity index (χ2v) is 8.67. The Hall–Kier alpha value is -3.26. The maximum Gasteiger partial charge on any atom is 0.254 e. The third kappa shape index (κ3) is 4.50. The van der Waals surface area contributed by atoms with E-state index in [0.717, 1.165) is 55.6 Å². The summed E-state index contributed by atoms with van der Waals surface area (Å²) in [5.41, 5.74) is 4.26. The average Bonchev–Trinajstić information content (AvgIpc) is 3.46. The Bertz CT molecular complexity index is 1130. The van der Waals surface area contributed by atoms with E-state index < -0.39 is 5.82 Å². The number of aryl methyl sites for hydroxylation is 1. The molecule has 1 aromatic carbocycles. The van der Waals surface area contributed by atoms with Gasteiger partial charge in [0.15, 0.2) is 0 Å². The molecule has 2 aliphatic rings. The van der Waals surface area contributed by atoms with Crippen LogP contribution in [0.3, 0.4) is 0 Å². The lowest BCUT2D eigenvalue weighted by atomic mass is 10.1. The number of hydrogen-bond donors (Lipinski definition) is 3. The summed E-state index contributed by atoms with van der Waals surface area (Å²) in [4.78, 5) is 16.8. The lowest BCUT2D eigenvalue weighted by Gasteiger charge is -2.24. The first-order valence-corrected chi connectivity index (χ1v) is 11.2. The van der Waals surface area contributed by atoms with E-state index in [9.17, 15) is 9.18 Å². The van der Waals surface area contributed by atoms with Crippen LogP contribution >= 0.6 is 0 Å². The highest BCUT2D eigenvalue weighted by Crippen LogP contribution is 2.26. The summed E-state index contributed by atoms with van der Waals surface area (Å²) in [6.07, 6.45) is 11.4. The number of benzene rings is 1. The Kier molecular flexibility index (Phi) is 5.61. The zero-order chi connectivity index (χ0) is 22.1. The molecule has 0 unspecified atom stereocenters. The van der Waals surface area contributed by atoms with Crippen molar-refractivity contribution in [2.45, 2.75) is 44.7 Å². The van der Waals surface area contributed by atoms with E-state index in [1.54, 1.807) is 23.1 Å². The second-order valence-electron chi connectivity index (χ2n) is 8.67. The lowest BCUT2D eigenvalue weighted by Crippen LogP contribution is -2.35. The monoisotopic (exact) mass is 434 g/mol. The molecule has 3 aromatic rings. The van der Waals surface area contributed by atoms with Crippen LogP contribution in [0.5, 0.6) is 0 Å². The Morgan fingerprint density at radius 3 is 2.66 bits per heavy atom. The lowest BCUT2D eigenvalue weighted by molar-refractivity contribution is 0.0947. The van der Waals surface area contributed by atoms with Crippen molar-refractivity contribution in [3.8, 4) is 16.8 Å². The fourth-order valence-electron chi connectivity index (χ4n) is 4.06. The number of nitrogens with zero attached hydrogens (tertiary/aromatic N) is 3. The number of hydrogen-bond acceptors (Lipinski definition) is 5. The van der Waals surface area contributed by atoms with E-state index >= 15 is 0 Å². The second kappa shape index (κ2) is 8.70. The van der Waals surface area contributed by atoms with Crippen LogP contribution in [-0.4, -0.2) is 45.8 Å². The molecule has 2 aromatic heterocycles. The van der Waals surface area contributed by atoms with Crippen molar-refractivity contribution in [3.63, 3.8) is 0 Å². The van der Waals surface area contributed by atoms with E-state index in [2.05, 4.69) is 32.1 Å². The molecule has 1 saturated carbocycles. The van der Waals surface area contributed by atoms with Crippen molar-refractivity contribution < 1.29 is 9.18 Å². The van der Waals surface area contributed by atoms with E-state index in [4.69, 9.17) is 0 Å². The number of rotatable bonds is 6. The van der Waals surface area contributed by atoms with Gasteiger partial charge < -0.3 is 16.0 Å². The van der Waals surface area contributed by atoms with Crippen LogP contribution in [-0.2, 0) is 0 Å². The zero-order valence-corrected chi connectivity index (χ0v) is 18.1. The number of aromatic nitrogens is 3. The van der Waals surface area contributed by atoms with Gasteiger partial charge >= 0.3 is 0 Å². The summed E-state index contributed by atoms with van der Waals surface area (Å²) in [6, 6.07) is 5.65. The summed E-state index contributed by atoms with van der Waals surface area (Å²) in [6.45, 7) is 3.86. The zero-order valence-electron chi connectivity index (χ0n) is 18.1. The van der Waals surface area contributed by atoms with Crippen molar-refractivity contribution in [2.75, 3.05) is 18.4 Å². The van der Waals surface area contributed by atoms with E-state index in [1.807, 2.05) is 19.3 Å². The molecule has 7 nitrogen and oxygen atoms in total. The first-order valence-electron chi connectivity index (χ1n) is 11.2. The summed E-state index contributed by atoms with van der Waals surface area (Å²) in [7, 11) is 0. The largest absolute Gasteiger partial charge is 0.381 e. The summed E-state index contributed by atoms with van der Waals surface area (Å²) in [5.74, 6) is -0.891. The summed E-state index contributed by atoms with van der Waals surface area (Å²) < 4.78 is 16.2. The quantitative estimate of drug-likeness (QED) is 0.554. The highest BCUT2D eigenvalue weighted by atomic mass is 19.1. The van der Waals surface area contributed by atoms with Crippen LogP contribution in [0.25, 0.3) is 16.8 Å². The molecule has 1 amide bonds. The van der Waals surface area contributed by atoms with Crippen molar-refractivity contribution in [3.05, 3.63) is 59.9 Å². The Balaban J connectivity index is 1.39. The molecule has 2 fully saturated rings. The molecule has 1 aliphatic heterocycles. The molecule has 5 rings (SSSR count). The molecule has 0 spiro atoms. The van der Waals surface area contributed by atoms with Crippen LogP contribution in [0.1, 0.15) is 41.6 Å². The molecule has 166 valence electrons. The van der Waals surface area contributed by atoms with Gasteiger partial charge in [-0.05, 0) is 69.5 Å². The predicted octanol–water partition coefficient (Wildman–Crippen LogP) is 3.44. The third-order valence-corrected chi connectivity index (χ3v) is 6.05. The minimum absolute atomic E-state index is 0.0457. The number of carbonyl (C=O) groups excluding carboxylic acids is 1. The fourth-order valence-corrected chi connectivity index (χ4v) is 4.06. The first-order chi connectivity index (χ1) is 15.6. The van der Waals surface area contributed by atoms with Crippen LogP contribution in [0.2, 0.25) is 0 Å². The molecule has 3 heterocycles. The van der Waals surface area contributed by atoms with Gasteiger partial charge in [-0.15, -0.1) is 0 Å². The van der Waals surface area contributed by atoms with Crippen molar-refractivity contribution >= 4 is 11.6 Å². The fraction of sp³-hybridized carbons (Fsp3) is 0.375. The molecular weight excluding hydrogens is 407 g/mol. The van der Waals surface area contributed by atoms with Crippen molar-refractivity contribution in [1.82, 2.24) is 25.4 Å². The van der Waals surface area contributed by atoms with Gasteiger partial charge in [-0.1, -0.05) is 0 Å². The number of pyridine rings is 1. The normalized spacial score (nSPS) is 16.7. The number of halogens is 1. The van der Waals surface area contributed by atoms with E-state index in [-0.39, 0.29) is 17.5 Å². The third-order valence-electron chi connectivity index (χ3n) is 6.05. The minimum atomic E-state index is -0.516. The minimum Gasteiger partial charge on any atom is -0.381 e. The smallest absolute Gasteiger partial charge is 0.254 e. The molecular formula is C24H27FN6O. The Morgan fingerprint density at radius 2 is 1.88 bits per heavy atom. The van der Waals surface area contributed by atoms with Crippen molar-refractivity contribution in [2.24, 2.45) is 0 Å². The SMILES string of the molecule is Cc1cc(F)c(C(=O)NC2CC2)cc1-n1cc(-c2cncc(NC3CCNCC3)c2)cn1. The van der Waals surface area contributed by atoms with Gasteiger partial charge in [0.25, 0.3) is 5.91 Å². The Morgan fingerprint density at radius 1 is 1.06 bits per heavy atom. The van der Waals surface area contributed by atoms with Gasteiger partial charge in [0, 0.05) is 41.8 Å². The first kappa shape index (κ1) is 20.6. The predicted molar refractivity (Wildman–Crippen MR) is 121 cm³/mol. The number of nitrogens with one attached hydrogen (secondary N) is 3. The molecule has 1 aliphatic carbocycles. The Labute approximate surface area is 186 Å². The van der Waals surface area contributed by atoms with Gasteiger partial charge in [-0.2, -0.15) is 5.10 Å². The number of anilines is 1. The van der Waals surface area contributed by atoms with Gasteiger partial charge in [0.05, 0.1) is 23.1 Å². The van der Waals surface area contributed by atoms with Gasteiger partial charge in [0.2, 0.25) is 0 Å². The summed E-state index contributed by atoms with van der Waals surface area (Å²) >= 11 is 0. The highest BCUT2D eigenvalue weighted by Gasteiger charge is 2.25. The number of carbonyl (C=O) groups is 1. The van der Waals surface area contributed by atoms with Gasteiger partial charge in [-0.3, -0.25) is 9.78 Å². The highest BCUT2D eigenvalue weighted by molar-refractivity contribution is 5.95. The maximum atomic E-state index is 14.5. The molecule has 0 atom stereocenters. The van der Waals surface area contributed by atoms with Crippen LogP contribution in [0.15, 0.2) is 43.0 Å². The van der Waals surface area contributed by atoms with E-state index in [1.165, 1.54) is 6.07 Å². The maximum absolute atomic E-state index is 14.5. The molecule has 0 radical (unpaired) electrons. The topological polar surface area (TPSA) is 83.9 Å². The number of amides is 1. The summed E-state index contributed by atoms with van der Waals surface area (Å²) in [5, 5.41) is 14.3. The molecule has 1 saturated heterocycles. The van der Waals surface area contributed by atoms with Crippen LogP contribution in [0, 0.1) is 12.7 Å². The standard InChI is InChI=1S/C24H27FN6O/c1-15-8-22(25)21(24(32)30-18-2-3-18)10-23(15)31-14-17(12-28-31)16-9-20(13-27-11-16)29-19-4-6-26-7-5-19/h8-14,18-19,26,29H,2-7H2,1H3,(H,30,32). The molecule has 32 heavy (non-hydrogen) atoms. The molecule has 3 N–H and O–H groups in total. The van der Waals surface area contributed by atoms with Crippen LogP contribution < -0.4 is 16.0 Å². The molecule has 0 bridgehead atoms. The number of piperidine rings is 1. The van der Waals surface area contributed by atoms with Gasteiger partial charge in [0.1, 0.15) is 5.82 Å². The molecule has 8 heteroatoms. The van der Waals surface area contributed by atoms with E-state index in [0.29, 0.717) is 17.3 Å². The van der Waals surface area contributed by atoms with Gasteiger partial charge in [-0.25, -0.2) is 9.07 Å². The van der Waals surface area contributed by atoms with Crippen LogP contribution in [0.4, 0.5) is 10.1 Å². The van der Waals surface area contributed by atoms with Crippen molar-refractivity contribution in [1.29, 1.82) is 0 Å². The average molecular weight is 435 g/mol.